The minimum Gasteiger partial charge on any atom is -0.549 e. The second-order valence-electron chi connectivity index (χ2n) is 13.9. The number of hydrogen-bond donors (Lipinski definition) is 0. The zero-order valence-electron chi connectivity index (χ0n) is 31.5. The van der Waals surface area contributed by atoms with Gasteiger partial charge in [0.25, 0.3) is 0 Å². The van der Waals surface area contributed by atoms with Crippen LogP contribution in [0.15, 0.2) is 0 Å². The fourth-order valence-electron chi connectivity index (χ4n) is 6.99. The molecule has 0 aromatic heterocycles. The van der Waals surface area contributed by atoms with Crippen molar-refractivity contribution < 1.29 is 44.1 Å². The van der Waals surface area contributed by atoms with Gasteiger partial charge in [-0.1, -0.05) is 104 Å². The van der Waals surface area contributed by atoms with Gasteiger partial charge in [-0.05, 0) is 54.8 Å². The first kappa shape index (κ1) is 50.8. The number of ketones is 3. The van der Waals surface area contributed by atoms with Crippen LogP contribution >= 0.6 is 0 Å². The molecule has 0 heterocycles. The maximum absolute atomic E-state index is 12.0. The molecule has 0 fully saturated rings. The number of hydrogen-bond acceptors (Lipinski definition) is 9. The summed E-state index contributed by atoms with van der Waals surface area (Å²) < 4.78 is 0. The van der Waals surface area contributed by atoms with Gasteiger partial charge in [-0.25, -0.2) is 0 Å². The third kappa shape index (κ3) is 11.3. The minimum absolute atomic E-state index is 0. The first-order valence-electron chi connectivity index (χ1n) is 16.7. The predicted octanol–water partition coefficient (Wildman–Crippen LogP) is 3.83. The number of carboxylic acid groups (broad SMARTS) is 3. The fourth-order valence-corrected chi connectivity index (χ4v) is 6.99. The van der Waals surface area contributed by atoms with Gasteiger partial charge in [0, 0.05) is 19.3 Å². The van der Waals surface area contributed by atoms with Gasteiger partial charge in [-0.3, -0.25) is 14.4 Å². The van der Waals surface area contributed by atoms with Gasteiger partial charge in [-0.2, -0.15) is 0 Å². The average Bonchev–Trinajstić information content (AvgIpc) is 2.84. The first-order chi connectivity index (χ1) is 20.4. The summed E-state index contributed by atoms with van der Waals surface area (Å²) in [6, 6.07) is 0. The van der Waals surface area contributed by atoms with Crippen molar-refractivity contribution >= 4 is 52.6 Å². The molecular weight excluding hydrogens is 603 g/mol. The monoisotopic (exact) mass is 666 g/mol. The number of carbonyl (C=O) groups is 6. The molecule has 10 heteroatoms. The summed E-state index contributed by atoms with van der Waals surface area (Å²) in [5, 5.41) is 33.9. The molecule has 0 saturated carbocycles. The van der Waals surface area contributed by atoms with Crippen LogP contribution in [0.5, 0.6) is 0 Å². The molecule has 0 aliphatic rings. The zero-order valence-corrected chi connectivity index (χ0v) is 32.6. The topological polar surface area (TPSA) is 172 Å². The van der Waals surface area contributed by atoms with Gasteiger partial charge in [0.1, 0.15) is 17.3 Å². The molecule has 0 amide bonds. The van der Waals surface area contributed by atoms with Crippen molar-refractivity contribution in [2.45, 2.75) is 142 Å². The predicted molar refractivity (Wildman–Crippen MR) is 177 cm³/mol. The minimum atomic E-state index is -1.32. The first-order valence-corrected chi connectivity index (χ1v) is 16.7. The Labute approximate surface area is 290 Å². The van der Waals surface area contributed by atoms with E-state index in [1.807, 2.05) is 20.8 Å². The number of carboxylic acids is 3. The Kier molecular flexibility index (Phi) is 24.9. The molecule has 0 radical (unpaired) electrons. The Balaban J connectivity index is -0.000000285. The van der Waals surface area contributed by atoms with E-state index in [9.17, 15) is 44.1 Å². The van der Waals surface area contributed by atoms with E-state index in [2.05, 4.69) is 0 Å². The quantitative estimate of drug-likeness (QED) is 0.156. The third-order valence-electron chi connectivity index (χ3n) is 9.29. The average molecular weight is 667 g/mol. The summed E-state index contributed by atoms with van der Waals surface area (Å²) in [7, 11) is 0. The van der Waals surface area contributed by atoms with E-state index in [1.54, 1.807) is 83.1 Å². The van der Waals surface area contributed by atoms with E-state index in [-0.39, 0.29) is 70.2 Å². The van der Waals surface area contributed by atoms with Crippen molar-refractivity contribution in [3.8, 4) is 0 Å². The molecule has 0 unspecified atom stereocenters. The molecule has 0 aliphatic heterocycles. The molecule has 0 N–H and O–H groups in total. The van der Waals surface area contributed by atoms with E-state index in [0.29, 0.717) is 38.5 Å². The van der Waals surface area contributed by atoms with E-state index < -0.39 is 34.2 Å². The van der Waals surface area contributed by atoms with Crippen LogP contribution in [0.3, 0.4) is 0 Å². The number of aliphatic carboxylic acids is 3. The Hall–Kier alpha value is -2.05. The molecule has 0 aliphatic carbocycles. The van der Waals surface area contributed by atoms with Gasteiger partial charge >= 0.3 is 17.4 Å². The maximum atomic E-state index is 12.0. The van der Waals surface area contributed by atoms with Gasteiger partial charge in [-0.15, -0.1) is 0 Å². The molecule has 9 nitrogen and oxygen atoms in total. The normalized spacial score (nSPS) is 11.9. The van der Waals surface area contributed by atoms with Crippen LogP contribution in [-0.4, -0.2) is 52.6 Å². The van der Waals surface area contributed by atoms with Crippen molar-refractivity contribution in [3.63, 3.8) is 0 Å². The summed E-state index contributed by atoms with van der Waals surface area (Å²) in [5.41, 5.74) is -3.97. The molecule has 0 rings (SSSR count). The maximum Gasteiger partial charge on any atom is 3.00 e. The van der Waals surface area contributed by atoms with Crippen LogP contribution in [0.2, 0.25) is 0 Å². The summed E-state index contributed by atoms with van der Waals surface area (Å²) in [5.74, 6) is -5.70. The van der Waals surface area contributed by atoms with Crippen LogP contribution in [0, 0.1) is 51.8 Å². The molecule has 0 aromatic rings. The molecule has 0 bridgehead atoms. The van der Waals surface area contributed by atoms with Crippen molar-refractivity contribution in [2.75, 3.05) is 0 Å². The van der Waals surface area contributed by atoms with Crippen molar-refractivity contribution in [1.82, 2.24) is 0 Å². The second-order valence-corrected chi connectivity index (χ2v) is 13.9. The molecule has 46 heavy (non-hydrogen) atoms. The Morgan fingerprint density at radius 3 is 0.587 bits per heavy atom. The largest absolute Gasteiger partial charge is 3.00 e. The van der Waals surface area contributed by atoms with Crippen LogP contribution in [-0.2, 0) is 28.8 Å². The van der Waals surface area contributed by atoms with Crippen LogP contribution in [0.1, 0.15) is 142 Å². The van der Waals surface area contributed by atoms with Crippen molar-refractivity contribution in [3.05, 3.63) is 0 Å². The van der Waals surface area contributed by atoms with E-state index >= 15 is 0 Å². The van der Waals surface area contributed by atoms with Gasteiger partial charge in [0.05, 0.1) is 34.2 Å². The van der Waals surface area contributed by atoms with Crippen LogP contribution in [0.4, 0.5) is 0 Å². The zero-order chi connectivity index (χ0) is 36.7. The molecule has 0 saturated heterocycles. The van der Waals surface area contributed by atoms with Gasteiger partial charge < -0.3 is 29.7 Å². The molecule has 0 spiro atoms. The van der Waals surface area contributed by atoms with Crippen molar-refractivity contribution in [2.24, 2.45) is 51.8 Å². The molecule has 0 atom stereocenters. The summed E-state index contributed by atoms with van der Waals surface area (Å²) in [4.78, 5) is 69.8. The van der Waals surface area contributed by atoms with Gasteiger partial charge in [0.15, 0.2) is 0 Å². The second kappa shape index (κ2) is 22.5. The molecule has 0 aromatic carbocycles. The van der Waals surface area contributed by atoms with Crippen molar-refractivity contribution in [1.29, 1.82) is 0 Å². The summed E-state index contributed by atoms with van der Waals surface area (Å²) in [6.45, 7) is 26.8. The number of carbonyl (C=O) groups excluding carboxylic acids is 6. The fraction of sp³-hybridized carbons (Fsp3) is 0.833. The number of Topliss-reactive ketones (excluding diaryl/α,β-unsaturated/α-hetero) is 3. The molecular formula is C36H63AlO9. The van der Waals surface area contributed by atoms with Gasteiger partial charge in [0.2, 0.25) is 0 Å². The smallest absolute Gasteiger partial charge is 0.549 e. The summed E-state index contributed by atoms with van der Waals surface area (Å²) in [6.07, 6.45) is 2.95. The third-order valence-corrected chi connectivity index (χ3v) is 9.29. The van der Waals surface area contributed by atoms with Crippen LogP contribution in [0.25, 0.3) is 0 Å². The van der Waals surface area contributed by atoms with Crippen LogP contribution < -0.4 is 15.3 Å². The SMILES string of the molecule is CCCC(=O)C(C(=O)[O-])(C(C)C)C(C)C.CCCC(=O)C(C(=O)[O-])(C(C)C)C(C)C.CCCC(=O)C(C(=O)[O-])(C(C)C)C(C)C.[Al+3]. The standard InChI is InChI=1S/3C12H22O3.Al/c3*1-6-7-10(13)12(8(2)3,9(4)5)11(14)15;/h3*8-9H,6-7H2,1-5H3,(H,14,15);/q;;;+3/p-3. The number of rotatable bonds is 18. The Morgan fingerprint density at radius 1 is 0.391 bits per heavy atom. The van der Waals surface area contributed by atoms with E-state index in [4.69, 9.17) is 0 Å². The Bertz CT molecular complexity index is 830. The Morgan fingerprint density at radius 2 is 0.522 bits per heavy atom. The van der Waals surface area contributed by atoms with E-state index in [0.717, 1.165) is 0 Å². The summed E-state index contributed by atoms with van der Waals surface area (Å²) >= 11 is 0. The molecule has 264 valence electrons. The van der Waals surface area contributed by atoms with E-state index in [1.165, 1.54) is 0 Å².